The number of fused-ring (bicyclic) bond motifs is 1. The van der Waals surface area contributed by atoms with Crippen LogP contribution in [-0.2, 0) is 28.4 Å². The molecule has 2 aromatic carbocycles. The van der Waals surface area contributed by atoms with Gasteiger partial charge in [-0.05, 0) is 78.9 Å². The van der Waals surface area contributed by atoms with Gasteiger partial charge in [0, 0.05) is 31.6 Å². The molecule has 2 aliphatic rings. The number of hydrogen-bond donors (Lipinski definition) is 2. The number of aromatic amines is 1. The van der Waals surface area contributed by atoms with Gasteiger partial charge < -0.3 is 10.6 Å². The highest BCUT2D eigenvalue weighted by atomic mass is 32.2. The van der Waals surface area contributed by atoms with Crippen LogP contribution in [0, 0.1) is 0 Å². The van der Waals surface area contributed by atoms with Gasteiger partial charge in [0.15, 0.2) is 5.17 Å². The van der Waals surface area contributed by atoms with E-state index in [1.54, 1.807) is 32.2 Å². The van der Waals surface area contributed by atoms with Crippen molar-refractivity contribution in [1.82, 2.24) is 20.0 Å². The van der Waals surface area contributed by atoms with Crippen LogP contribution in [-0.4, -0.2) is 69.2 Å². The third kappa shape index (κ3) is 6.48. The number of nitrogens with one attached hydrogen (secondary N) is 1. The maximum absolute atomic E-state index is 14.1. The smallest absolute Gasteiger partial charge is 0.368 e. The molecule has 0 aliphatic carbocycles. The summed E-state index contributed by atoms with van der Waals surface area (Å²) < 4.78 is 82.1. The molecule has 0 radical (unpaired) electrons. The van der Waals surface area contributed by atoms with Gasteiger partial charge in [-0.3, -0.25) is 19.6 Å². The number of benzene rings is 2. The number of piperidine rings is 1. The summed E-state index contributed by atoms with van der Waals surface area (Å²) in [7, 11) is 1.77. The standard InChI is InChI=1S/C29H28F6N6O2S/c1-15(25(36)42)41-9-7-20(8-10-41)40(2)27-38-26(43)24(44-27)21(16-4-6-23-18(11-16)14-37-39-23)12-17-3-5-19(28(30,31)32)13-22(17)29(33,34)35/h3-6,11,13-15,20H,7-10,12H2,1-2H3,(H2,36,42)(H,37,39). The number of likely N-dealkylation sites (tertiary alicyclic amines) is 1. The monoisotopic (exact) mass is 638 g/mol. The number of aromatic nitrogens is 2. The highest BCUT2D eigenvalue weighted by Crippen LogP contribution is 2.42. The van der Waals surface area contributed by atoms with Gasteiger partial charge >= 0.3 is 12.4 Å². The lowest BCUT2D eigenvalue weighted by molar-refractivity contribution is -0.143. The number of allylic oxidation sites excluding steroid dienone is 1. The zero-order chi connectivity index (χ0) is 32.0. The molecule has 5 rings (SSSR count). The Morgan fingerprint density at radius 1 is 1.11 bits per heavy atom. The predicted octanol–water partition coefficient (Wildman–Crippen LogP) is 5.45. The number of amides is 2. The first-order valence-electron chi connectivity index (χ1n) is 13.6. The molecular formula is C29H28F6N6O2S. The number of halogens is 6. The number of amidine groups is 1. The lowest BCUT2D eigenvalue weighted by atomic mass is 9.92. The lowest BCUT2D eigenvalue weighted by Gasteiger charge is -2.38. The molecule has 0 bridgehead atoms. The molecule has 2 aliphatic heterocycles. The first-order chi connectivity index (χ1) is 20.6. The summed E-state index contributed by atoms with van der Waals surface area (Å²) in [6, 6.07) is 6.00. The molecule has 3 heterocycles. The first-order valence-corrected chi connectivity index (χ1v) is 14.5. The summed E-state index contributed by atoms with van der Waals surface area (Å²) in [4.78, 5) is 33.0. The van der Waals surface area contributed by atoms with Gasteiger partial charge in [-0.2, -0.15) is 36.4 Å². The van der Waals surface area contributed by atoms with Crippen LogP contribution in [0.25, 0.3) is 16.5 Å². The lowest BCUT2D eigenvalue weighted by Crippen LogP contribution is -2.50. The van der Waals surface area contributed by atoms with Gasteiger partial charge in [0.25, 0.3) is 5.91 Å². The fourth-order valence-electron chi connectivity index (χ4n) is 5.44. The zero-order valence-electron chi connectivity index (χ0n) is 23.6. The number of nitrogens with two attached hydrogens (primary N) is 1. The van der Waals surface area contributed by atoms with Crippen LogP contribution < -0.4 is 5.73 Å². The van der Waals surface area contributed by atoms with Crippen LogP contribution in [0.5, 0.6) is 0 Å². The zero-order valence-corrected chi connectivity index (χ0v) is 24.4. The van der Waals surface area contributed by atoms with Crippen molar-refractivity contribution in [2.75, 3.05) is 20.1 Å². The van der Waals surface area contributed by atoms with E-state index < -0.39 is 53.3 Å². The van der Waals surface area contributed by atoms with Gasteiger partial charge in [-0.15, -0.1) is 0 Å². The number of primary amides is 1. The molecule has 3 aromatic rings. The third-order valence-corrected chi connectivity index (χ3v) is 9.25. The molecule has 1 aromatic heterocycles. The van der Waals surface area contributed by atoms with Gasteiger partial charge in [-0.25, -0.2) is 0 Å². The van der Waals surface area contributed by atoms with Gasteiger partial charge in [0.05, 0.1) is 33.8 Å². The Hall–Kier alpha value is -3.85. The number of thioether (sulfide) groups is 1. The average molecular weight is 639 g/mol. The Bertz CT molecular complexity index is 1660. The van der Waals surface area contributed by atoms with Crippen molar-refractivity contribution in [3.63, 3.8) is 0 Å². The highest BCUT2D eigenvalue weighted by Gasteiger charge is 2.39. The summed E-state index contributed by atoms with van der Waals surface area (Å²) in [5, 5.41) is 7.74. The fraction of sp³-hybridized carbons (Fsp3) is 0.379. The van der Waals surface area contributed by atoms with Crippen molar-refractivity contribution in [3.05, 3.63) is 69.8 Å². The predicted molar refractivity (Wildman–Crippen MR) is 154 cm³/mol. The Balaban J connectivity index is 1.49. The van der Waals surface area contributed by atoms with E-state index in [0.717, 1.165) is 17.8 Å². The number of carbonyl (C=O) groups excluding carboxylic acids is 2. The molecule has 0 saturated carbocycles. The van der Waals surface area contributed by atoms with E-state index >= 15 is 0 Å². The largest absolute Gasteiger partial charge is 0.416 e. The molecule has 1 fully saturated rings. The number of alkyl halides is 6. The summed E-state index contributed by atoms with van der Waals surface area (Å²) in [5.41, 5.74) is 3.44. The molecule has 44 heavy (non-hydrogen) atoms. The van der Waals surface area contributed by atoms with Crippen LogP contribution in [0.3, 0.4) is 0 Å². The normalized spacial score (nSPS) is 18.9. The number of carbonyl (C=O) groups is 2. The van der Waals surface area contributed by atoms with Gasteiger partial charge in [0.2, 0.25) is 5.91 Å². The molecule has 0 spiro atoms. The Morgan fingerprint density at radius 2 is 1.82 bits per heavy atom. The van der Waals surface area contributed by atoms with E-state index in [2.05, 4.69) is 15.2 Å². The molecule has 1 atom stereocenters. The van der Waals surface area contributed by atoms with Crippen molar-refractivity contribution in [2.45, 2.75) is 50.6 Å². The van der Waals surface area contributed by atoms with Crippen LogP contribution in [0.2, 0.25) is 0 Å². The van der Waals surface area contributed by atoms with Gasteiger partial charge in [0.1, 0.15) is 0 Å². The summed E-state index contributed by atoms with van der Waals surface area (Å²) in [6.45, 7) is 2.93. The fourth-order valence-corrected chi connectivity index (χ4v) is 6.49. The number of aliphatic imine (C=N–C) groups is 1. The summed E-state index contributed by atoms with van der Waals surface area (Å²) in [6.07, 6.45) is -7.68. The summed E-state index contributed by atoms with van der Waals surface area (Å²) in [5.74, 6) is -1.07. The second-order valence-electron chi connectivity index (χ2n) is 10.8. The van der Waals surface area contributed by atoms with Crippen LogP contribution in [0.1, 0.15) is 42.0 Å². The number of hydrogen-bond acceptors (Lipinski definition) is 6. The van der Waals surface area contributed by atoms with Crippen molar-refractivity contribution in [1.29, 1.82) is 0 Å². The Morgan fingerprint density at radius 3 is 2.45 bits per heavy atom. The molecule has 2 amide bonds. The topological polar surface area (TPSA) is 108 Å². The first kappa shape index (κ1) is 31.6. The van der Waals surface area contributed by atoms with Crippen molar-refractivity contribution in [2.24, 2.45) is 10.7 Å². The number of nitrogens with zero attached hydrogens (tertiary/aromatic N) is 4. The van der Waals surface area contributed by atoms with Crippen LogP contribution in [0.4, 0.5) is 26.3 Å². The Kier molecular flexibility index (Phi) is 8.55. The maximum Gasteiger partial charge on any atom is 0.416 e. The highest BCUT2D eigenvalue weighted by molar-refractivity contribution is 8.18. The van der Waals surface area contributed by atoms with Crippen molar-refractivity contribution in [3.8, 4) is 0 Å². The third-order valence-electron chi connectivity index (χ3n) is 8.07. The van der Waals surface area contributed by atoms with E-state index in [-0.39, 0.29) is 22.6 Å². The average Bonchev–Trinajstić information content (AvgIpc) is 3.60. The summed E-state index contributed by atoms with van der Waals surface area (Å²) >= 11 is 1.02. The molecule has 3 N–H and O–H groups in total. The molecule has 1 unspecified atom stereocenters. The molecule has 15 heteroatoms. The maximum atomic E-state index is 14.1. The minimum atomic E-state index is -5.07. The van der Waals surface area contributed by atoms with Crippen LogP contribution in [0.15, 0.2) is 52.5 Å². The van der Waals surface area contributed by atoms with E-state index in [4.69, 9.17) is 5.73 Å². The minimum absolute atomic E-state index is 0.0257. The van der Waals surface area contributed by atoms with Crippen molar-refractivity contribution < 1.29 is 35.9 Å². The molecule has 234 valence electrons. The second-order valence-corrected chi connectivity index (χ2v) is 11.8. The Labute approximate surface area is 252 Å². The van der Waals surface area contributed by atoms with Crippen LogP contribution >= 0.6 is 11.8 Å². The molecule has 1 saturated heterocycles. The molecule has 8 nitrogen and oxygen atoms in total. The quantitative estimate of drug-likeness (QED) is 0.275. The van der Waals surface area contributed by atoms with E-state index in [9.17, 15) is 35.9 Å². The SMILES string of the molecule is CC(C(N)=O)N1CCC(N(C)C2=NC(=O)C(=C(Cc3ccc(C(F)(F)F)cc3C(F)(F)F)c3ccc4[nH]ncc4c3)S2)CC1. The minimum Gasteiger partial charge on any atom is -0.368 e. The van der Waals surface area contributed by atoms with Crippen molar-refractivity contribution >= 4 is 45.2 Å². The van der Waals surface area contributed by atoms with E-state index in [0.29, 0.717) is 53.6 Å². The van der Waals surface area contributed by atoms with E-state index in [1.165, 1.54) is 6.20 Å². The molecular weight excluding hydrogens is 610 g/mol. The number of rotatable bonds is 6. The number of H-pyrrole nitrogens is 1. The second kappa shape index (κ2) is 11.9. The van der Waals surface area contributed by atoms with E-state index in [1.807, 2.05) is 9.80 Å². The van der Waals surface area contributed by atoms with Gasteiger partial charge in [-0.1, -0.05) is 12.1 Å².